The van der Waals surface area contributed by atoms with Crippen molar-refractivity contribution in [3.8, 4) is 0 Å². The van der Waals surface area contributed by atoms with Crippen LogP contribution in [0.15, 0.2) is 0 Å². The van der Waals surface area contributed by atoms with Crippen molar-refractivity contribution in [1.29, 1.82) is 0 Å². The lowest BCUT2D eigenvalue weighted by molar-refractivity contribution is -0.127. The third-order valence-corrected chi connectivity index (χ3v) is 6.87. The van der Waals surface area contributed by atoms with E-state index in [1.54, 1.807) is 0 Å². The highest BCUT2D eigenvalue weighted by Gasteiger charge is 2.34. The lowest BCUT2D eigenvalue weighted by Crippen LogP contribution is -2.56. The van der Waals surface area contributed by atoms with Crippen molar-refractivity contribution in [1.82, 2.24) is 26.6 Å². The van der Waals surface area contributed by atoms with Crippen molar-refractivity contribution in [3.63, 3.8) is 0 Å². The third kappa shape index (κ3) is 21.2. The minimum atomic E-state index is -0.758. The van der Waals surface area contributed by atoms with Crippen LogP contribution in [0.2, 0.25) is 0 Å². The van der Waals surface area contributed by atoms with Gasteiger partial charge in [-0.05, 0) is 86.4 Å². The molecule has 0 saturated heterocycles. The standard InChI is InChI=1S/C30H65N7O4/c1-9-33-17-11-22-40-28(4,5)15-23-41-30(8,32)14-10-18-36-29(6,7)27(39)25(37-24(2)3)12-13-26(38)35-21-20-34-19-16-31/h24-25,33-34,36-37H,9-23,31-32H2,1-8H3,(H,35,38). The maximum atomic E-state index is 13.5. The molecule has 0 aliphatic rings. The zero-order chi connectivity index (χ0) is 31.4. The van der Waals surface area contributed by atoms with Crippen LogP contribution in [0.5, 0.6) is 0 Å². The lowest BCUT2D eigenvalue weighted by atomic mass is 9.90. The number of nitrogens with two attached hydrogens (primary N) is 2. The molecule has 41 heavy (non-hydrogen) atoms. The molecule has 0 saturated carbocycles. The van der Waals surface area contributed by atoms with E-state index in [1.165, 1.54) is 0 Å². The highest BCUT2D eigenvalue weighted by atomic mass is 16.5. The SMILES string of the molecule is CCNCCCOC(C)(C)CCOC(C)(N)CCCNC(C)(C)C(=O)C(CCC(=O)NCCNCCN)NC(C)C. The molecule has 2 unspecified atom stereocenters. The van der Waals surface area contributed by atoms with Crippen molar-refractivity contribution in [2.24, 2.45) is 11.5 Å². The molecule has 0 aliphatic heterocycles. The van der Waals surface area contributed by atoms with Gasteiger partial charge in [-0.1, -0.05) is 20.8 Å². The van der Waals surface area contributed by atoms with Gasteiger partial charge in [0.2, 0.25) is 5.91 Å². The highest BCUT2D eigenvalue weighted by Crippen LogP contribution is 2.18. The number of nitrogens with one attached hydrogen (secondary N) is 5. The van der Waals surface area contributed by atoms with E-state index in [1.807, 2.05) is 34.6 Å². The fourth-order valence-corrected chi connectivity index (χ4v) is 4.33. The lowest BCUT2D eigenvalue weighted by Gasteiger charge is -2.32. The first-order valence-electron chi connectivity index (χ1n) is 15.7. The first-order valence-corrected chi connectivity index (χ1v) is 15.7. The number of amides is 1. The van der Waals surface area contributed by atoms with Gasteiger partial charge in [0.15, 0.2) is 5.78 Å². The van der Waals surface area contributed by atoms with Crippen LogP contribution in [0.4, 0.5) is 0 Å². The molecule has 2 atom stereocenters. The first kappa shape index (κ1) is 39.8. The predicted octanol–water partition coefficient (Wildman–Crippen LogP) is 1.39. The predicted molar refractivity (Wildman–Crippen MR) is 169 cm³/mol. The second kappa shape index (κ2) is 21.5. The Hall–Kier alpha value is -1.18. The summed E-state index contributed by atoms with van der Waals surface area (Å²) in [6, 6.07) is -0.304. The summed E-state index contributed by atoms with van der Waals surface area (Å²) in [6.45, 7) is 22.2. The van der Waals surface area contributed by atoms with E-state index >= 15 is 0 Å². The zero-order valence-corrected chi connectivity index (χ0v) is 27.5. The molecule has 0 rings (SSSR count). The molecule has 0 radical (unpaired) electrons. The number of rotatable bonds is 27. The summed E-state index contributed by atoms with van der Waals surface area (Å²) in [6.07, 6.45) is 3.88. The second-order valence-corrected chi connectivity index (χ2v) is 12.5. The average Bonchev–Trinajstić information content (AvgIpc) is 2.88. The second-order valence-electron chi connectivity index (χ2n) is 12.5. The number of carbonyl (C=O) groups excluding carboxylic acids is 2. The normalized spacial score (nSPS) is 14.7. The van der Waals surface area contributed by atoms with E-state index in [2.05, 4.69) is 47.4 Å². The van der Waals surface area contributed by atoms with Gasteiger partial charge in [-0.2, -0.15) is 0 Å². The molecule has 0 heterocycles. The van der Waals surface area contributed by atoms with Crippen LogP contribution in [0.1, 0.15) is 93.9 Å². The van der Waals surface area contributed by atoms with E-state index in [9.17, 15) is 9.59 Å². The number of ketones is 1. The number of hydrogen-bond acceptors (Lipinski definition) is 10. The Bertz CT molecular complexity index is 702. The molecule has 1 amide bonds. The van der Waals surface area contributed by atoms with Gasteiger partial charge in [-0.15, -0.1) is 0 Å². The average molecular weight is 588 g/mol. The topological polar surface area (TPSA) is 165 Å². The fraction of sp³-hybridized carbons (Fsp3) is 0.933. The molecular formula is C30H65N7O4. The van der Waals surface area contributed by atoms with Gasteiger partial charge < -0.3 is 47.5 Å². The highest BCUT2D eigenvalue weighted by molar-refractivity contribution is 5.92. The van der Waals surface area contributed by atoms with Crippen molar-refractivity contribution in [2.75, 3.05) is 59.0 Å². The van der Waals surface area contributed by atoms with E-state index in [0.717, 1.165) is 38.9 Å². The minimum Gasteiger partial charge on any atom is -0.375 e. The minimum absolute atomic E-state index is 0.0445. The third-order valence-electron chi connectivity index (χ3n) is 6.87. The Morgan fingerprint density at radius 2 is 1.56 bits per heavy atom. The van der Waals surface area contributed by atoms with Crippen molar-refractivity contribution in [3.05, 3.63) is 0 Å². The molecule has 244 valence electrons. The molecule has 9 N–H and O–H groups in total. The summed E-state index contributed by atoms with van der Waals surface area (Å²) < 4.78 is 12.0. The van der Waals surface area contributed by atoms with Gasteiger partial charge in [0, 0.05) is 45.2 Å². The zero-order valence-electron chi connectivity index (χ0n) is 27.5. The summed E-state index contributed by atoms with van der Waals surface area (Å²) in [5.41, 5.74) is 10.1. The Balaban J connectivity index is 4.55. The van der Waals surface area contributed by atoms with Crippen LogP contribution in [-0.4, -0.2) is 99.7 Å². The van der Waals surface area contributed by atoms with Gasteiger partial charge in [-0.25, -0.2) is 0 Å². The van der Waals surface area contributed by atoms with E-state index in [-0.39, 0.29) is 29.8 Å². The Morgan fingerprint density at radius 3 is 2.20 bits per heavy atom. The molecule has 0 fully saturated rings. The molecule has 0 aromatic heterocycles. The van der Waals surface area contributed by atoms with Gasteiger partial charge in [0.25, 0.3) is 0 Å². The maximum absolute atomic E-state index is 13.5. The summed E-state index contributed by atoms with van der Waals surface area (Å²) in [5, 5.41) is 16.1. The van der Waals surface area contributed by atoms with Crippen LogP contribution in [0.25, 0.3) is 0 Å². The molecule has 0 aromatic carbocycles. The van der Waals surface area contributed by atoms with Gasteiger partial charge >= 0.3 is 0 Å². The van der Waals surface area contributed by atoms with Crippen molar-refractivity contribution in [2.45, 2.75) is 123 Å². The van der Waals surface area contributed by atoms with Crippen molar-refractivity contribution < 1.29 is 19.1 Å². The number of Topliss-reactive ketones (excluding diaryl/α,β-unsaturated/α-hetero) is 1. The molecule has 0 aliphatic carbocycles. The van der Waals surface area contributed by atoms with E-state index in [4.69, 9.17) is 20.9 Å². The van der Waals surface area contributed by atoms with Crippen LogP contribution in [0.3, 0.4) is 0 Å². The smallest absolute Gasteiger partial charge is 0.220 e. The number of hydrogen-bond donors (Lipinski definition) is 7. The van der Waals surface area contributed by atoms with Crippen LogP contribution < -0.4 is 38.1 Å². The quantitative estimate of drug-likeness (QED) is 0.0552. The molecule has 0 spiro atoms. The van der Waals surface area contributed by atoms with Crippen molar-refractivity contribution >= 4 is 11.7 Å². The fourth-order valence-electron chi connectivity index (χ4n) is 4.33. The Morgan fingerprint density at radius 1 is 0.854 bits per heavy atom. The summed E-state index contributed by atoms with van der Waals surface area (Å²) >= 11 is 0. The largest absolute Gasteiger partial charge is 0.375 e. The maximum Gasteiger partial charge on any atom is 0.220 e. The summed E-state index contributed by atoms with van der Waals surface area (Å²) in [7, 11) is 0. The van der Waals surface area contributed by atoms with Crippen LogP contribution in [0, 0.1) is 0 Å². The molecule has 0 aromatic rings. The Kier molecular flexibility index (Phi) is 20.9. The monoisotopic (exact) mass is 588 g/mol. The van der Waals surface area contributed by atoms with Crippen LogP contribution >= 0.6 is 0 Å². The van der Waals surface area contributed by atoms with Gasteiger partial charge in [-0.3, -0.25) is 9.59 Å². The number of carbonyl (C=O) groups is 2. The van der Waals surface area contributed by atoms with Crippen LogP contribution in [-0.2, 0) is 19.1 Å². The van der Waals surface area contributed by atoms with E-state index in [0.29, 0.717) is 52.2 Å². The molecule has 11 nitrogen and oxygen atoms in total. The molecule has 0 bridgehead atoms. The molecular weight excluding hydrogens is 522 g/mol. The first-order chi connectivity index (χ1) is 19.2. The van der Waals surface area contributed by atoms with E-state index < -0.39 is 17.3 Å². The van der Waals surface area contributed by atoms with Gasteiger partial charge in [0.05, 0.1) is 23.8 Å². The summed E-state index contributed by atoms with van der Waals surface area (Å²) in [4.78, 5) is 25.8. The Labute approximate surface area is 250 Å². The number of ether oxygens (including phenoxy) is 2. The van der Waals surface area contributed by atoms with Gasteiger partial charge in [0.1, 0.15) is 5.72 Å². The summed E-state index contributed by atoms with van der Waals surface area (Å²) in [5.74, 6) is -0.0156. The molecule has 11 heteroatoms.